The van der Waals surface area contributed by atoms with Gasteiger partial charge in [-0.25, -0.2) is 5.09 Å². The maximum absolute atomic E-state index is 10.8. The summed E-state index contributed by atoms with van der Waals surface area (Å²) in [7, 11) is 0. The summed E-state index contributed by atoms with van der Waals surface area (Å²) in [5, 5.41) is 14.1. The number of benzene rings is 1. The predicted molar refractivity (Wildman–Crippen MR) is 82.8 cm³/mol. The van der Waals surface area contributed by atoms with E-state index in [9.17, 15) is 10.1 Å². The molecular formula is C13H17N2O4PS. The smallest absolute Gasteiger partial charge is 0.313 e. The summed E-state index contributed by atoms with van der Waals surface area (Å²) >= 11 is 5.52. The first kappa shape index (κ1) is 14.9. The third-order valence-electron chi connectivity index (χ3n) is 3.81. The quantitative estimate of drug-likeness (QED) is 0.519. The van der Waals surface area contributed by atoms with Crippen LogP contribution in [0.15, 0.2) is 18.2 Å². The fraction of sp³-hybridized carbons (Fsp3) is 0.538. The molecular weight excluding hydrogens is 311 g/mol. The van der Waals surface area contributed by atoms with Crippen LogP contribution < -0.4 is 9.61 Å². The Balaban J connectivity index is 1.74. The van der Waals surface area contributed by atoms with Crippen molar-refractivity contribution in [3.8, 4) is 5.75 Å². The van der Waals surface area contributed by atoms with Crippen LogP contribution in [0.5, 0.6) is 5.75 Å². The predicted octanol–water partition coefficient (Wildman–Crippen LogP) is 3.65. The van der Waals surface area contributed by atoms with Crippen molar-refractivity contribution >= 4 is 24.1 Å². The van der Waals surface area contributed by atoms with Gasteiger partial charge < -0.3 is 9.05 Å². The maximum atomic E-state index is 10.8. The minimum Gasteiger partial charge on any atom is -0.432 e. The van der Waals surface area contributed by atoms with Gasteiger partial charge in [-0.2, -0.15) is 0 Å². The number of nitro benzene ring substituents is 1. The third-order valence-corrected chi connectivity index (χ3v) is 6.25. The van der Waals surface area contributed by atoms with Gasteiger partial charge in [-0.05, 0) is 30.7 Å². The number of rotatable bonds is 3. The van der Waals surface area contributed by atoms with E-state index in [-0.39, 0.29) is 12.3 Å². The van der Waals surface area contributed by atoms with Crippen LogP contribution in [0.2, 0.25) is 0 Å². The monoisotopic (exact) mass is 328 g/mol. The van der Waals surface area contributed by atoms with Gasteiger partial charge in [-0.1, -0.05) is 19.3 Å². The zero-order valence-electron chi connectivity index (χ0n) is 11.5. The standard InChI is InChI=1S/C13H17N2O4PS/c16-15(17)12-6-7-13-10(8-12)9-18-20(21,19-13)14-11-4-2-1-3-5-11/h6-8,11H,1-5,9H2,(H,14,21). The summed E-state index contributed by atoms with van der Waals surface area (Å²) in [6, 6.07) is 4.88. The Kier molecular flexibility index (Phi) is 4.26. The zero-order chi connectivity index (χ0) is 14.9. The number of nitrogens with zero attached hydrogens (tertiary/aromatic N) is 1. The van der Waals surface area contributed by atoms with Crippen molar-refractivity contribution in [3.63, 3.8) is 0 Å². The number of hydrogen-bond acceptors (Lipinski definition) is 5. The minimum atomic E-state index is -2.54. The largest absolute Gasteiger partial charge is 0.432 e. The van der Waals surface area contributed by atoms with Crippen LogP contribution in [-0.2, 0) is 22.9 Å². The Morgan fingerprint density at radius 1 is 1.33 bits per heavy atom. The minimum absolute atomic E-state index is 0.0383. The van der Waals surface area contributed by atoms with Crippen LogP contribution in [0, 0.1) is 10.1 Å². The molecule has 21 heavy (non-hydrogen) atoms. The first-order valence-corrected chi connectivity index (χ1v) is 9.69. The van der Waals surface area contributed by atoms with Crippen molar-refractivity contribution in [1.82, 2.24) is 5.09 Å². The Morgan fingerprint density at radius 2 is 2.10 bits per heavy atom. The molecule has 1 saturated carbocycles. The molecule has 6 nitrogen and oxygen atoms in total. The highest BCUT2D eigenvalue weighted by atomic mass is 32.5. The second-order valence-corrected chi connectivity index (χ2v) is 8.51. The highest BCUT2D eigenvalue weighted by Crippen LogP contribution is 2.52. The normalized spacial score (nSPS) is 25.9. The van der Waals surface area contributed by atoms with Crippen LogP contribution in [0.25, 0.3) is 0 Å². The van der Waals surface area contributed by atoms with E-state index < -0.39 is 11.6 Å². The summed E-state index contributed by atoms with van der Waals surface area (Å²) in [6.45, 7) is -2.28. The highest BCUT2D eigenvalue weighted by Gasteiger charge is 2.31. The maximum Gasteiger partial charge on any atom is 0.313 e. The van der Waals surface area contributed by atoms with Crippen molar-refractivity contribution < 1.29 is 14.0 Å². The summed E-state index contributed by atoms with van der Waals surface area (Å²) in [5.74, 6) is 0.596. The van der Waals surface area contributed by atoms with Gasteiger partial charge in [0.25, 0.3) is 5.69 Å². The van der Waals surface area contributed by atoms with Crippen molar-refractivity contribution in [3.05, 3.63) is 33.9 Å². The van der Waals surface area contributed by atoms with E-state index in [1.54, 1.807) is 6.07 Å². The molecule has 0 aromatic heterocycles. The van der Waals surface area contributed by atoms with Gasteiger partial charge >= 0.3 is 6.64 Å². The van der Waals surface area contributed by atoms with E-state index >= 15 is 0 Å². The van der Waals surface area contributed by atoms with E-state index in [2.05, 4.69) is 5.09 Å². The molecule has 8 heteroatoms. The Morgan fingerprint density at radius 3 is 2.81 bits per heavy atom. The van der Waals surface area contributed by atoms with Crippen LogP contribution in [0.4, 0.5) is 5.69 Å². The second kappa shape index (κ2) is 6.01. The lowest BCUT2D eigenvalue weighted by molar-refractivity contribution is -0.385. The average molecular weight is 328 g/mol. The molecule has 0 bridgehead atoms. The summed E-state index contributed by atoms with van der Waals surface area (Å²) in [5.41, 5.74) is 0.714. The molecule has 1 aliphatic heterocycles. The Bertz CT molecular complexity index is 604. The molecule has 0 saturated heterocycles. The molecule has 1 unspecified atom stereocenters. The fourth-order valence-corrected chi connectivity index (χ4v) is 5.19. The van der Waals surface area contributed by atoms with Crippen LogP contribution >= 0.6 is 6.64 Å². The topological polar surface area (TPSA) is 73.6 Å². The second-order valence-electron chi connectivity index (χ2n) is 5.38. The number of nitrogens with one attached hydrogen (secondary N) is 1. The van der Waals surface area contributed by atoms with Crippen molar-refractivity contribution in [1.29, 1.82) is 0 Å². The molecule has 1 aromatic rings. The van der Waals surface area contributed by atoms with Crippen LogP contribution in [-0.4, -0.2) is 11.0 Å². The third kappa shape index (κ3) is 3.43. The summed E-state index contributed by atoms with van der Waals surface area (Å²) in [4.78, 5) is 10.3. The lowest BCUT2D eigenvalue weighted by Crippen LogP contribution is -2.31. The zero-order valence-corrected chi connectivity index (χ0v) is 13.2. The molecule has 0 amide bonds. The van der Waals surface area contributed by atoms with E-state index in [0.717, 1.165) is 12.8 Å². The molecule has 3 rings (SSSR count). The molecule has 114 valence electrons. The van der Waals surface area contributed by atoms with E-state index in [4.69, 9.17) is 20.9 Å². The van der Waals surface area contributed by atoms with Crippen LogP contribution in [0.1, 0.15) is 37.7 Å². The SMILES string of the molecule is O=[N+]([O-])c1ccc2c(c1)COP(=S)(NC1CCCCC1)O2. The summed E-state index contributed by atoms with van der Waals surface area (Å²) in [6.07, 6.45) is 5.87. The number of non-ortho nitro benzene ring substituents is 1. The first-order chi connectivity index (χ1) is 10.1. The Labute approximate surface area is 128 Å². The van der Waals surface area contributed by atoms with Gasteiger partial charge in [0.15, 0.2) is 0 Å². The average Bonchev–Trinajstić information content (AvgIpc) is 2.47. The van der Waals surface area contributed by atoms with Crippen LogP contribution in [0.3, 0.4) is 0 Å². The number of fused-ring (bicyclic) bond motifs is 1. The van der Waals surface area contributed by atoms with Gasteiger partial charge in [0, 0.05) is 23.7 Å². The van der Waals surface area contributed by atoms with E-state index in [0.29, 0.717) is 17.4 Å². The van der Waals surface area contributed by atoms with Gasteiger partial charge in [0.2, 0.25) is 0 Å². The first-order valence-electron chi connectivity index (χ1n) is 7.05. The van der Waals surface area contributed by atoms with Crippen molar-refractivity contribution in [2.45, 2.75) is 44.8 Å². The highest BCUT2D eigenvalue weighted by molar-refractivity contribution is 8.09. The lowest BCUT2D eigenvalue weighted by atomic mass is 9.96. The van der Waals surface area contributed by atoms with Crippen molar-refractivity contribution in [2.24, 2.45) is 0 Å². The van der Waals surface area contributed by atoms with E-state index in [1.807, 2.05) is 0 Å². The molecule has 0 radical (unpaired) electrons. The van der Waals surface area contributed by atoms with E-state index in [1.165, 1.54) is 31.4 Å². The molecule has 1 N–H and O–H groups in total. The van der Waals surface area contributed by atoms with Crippen molar-refractivity contribution in [2.75, 3.05) is 0 Å². The molecule has 1 fully saturated rings. The number of nitro groups is 1. The fourth-order valence-electron chi connectivity index (χ4n) is 2.71. The van der Waals surface area contributed by atoms with Gasteiger partial charge in [-0.3, -0.25) is 10.1 Å². The van der Waals surface area contributed by atoms with Gasteiger partial charge in [-0.15, -0.1) is 0 Å². The number of hydrogen-bond donors (Lipinski definition) is 1. The lowest BCUT2D eigenvalue weighted by Gasteiger charge is -2.33. The molecule has 2 aliphatic rings. The molecule has 1 atom stereocenters. The molecule has 1 aliphatic carbocycles. The molecule has 1 heterocycles. The molecule has 0 spiro atoms. The van der Waals surface area contributed by atoms with Gasteiger partial charge in [0.1, 0.15) is 5.75 Å². The Hall–Kier alpha value is -1.01. The summed E-state index contributed by atoms with van der Waals surface area (Å²) < 4.78 is 11.5. The molecule has 1 aromatic carbocycles. The van der Waals surface area contributed by atoms with Gasteiger partial charge in [0.05, 0.1) is 11.5 Å².